The maximum absolute atomic E-state index is 12.6. The molecule has 0 aliphatic rings. The molecule has 1 N–H and O–H groups in total. The number of hydrogen-bond donors (Lipinski definition) is 1. The first-order chi connectivity index (χ1) is 10.0. The third kappa shape index (κ3) is 3.70. The van der Waals surface area contributed by atoms with Crippen LogP contribution in [0.15, 0.2) is 36.7 Å². The van der Waals surface area contributed by atoms with Crippen LogP contribution in [0.25, 0.3) is 0 Å². The van der Waals surface area contributed by atoms with E-state index in [1.54, 1.807) is 22.8 Å². The molecule has 1 atom stereocenters. The van der Waals surface area contributed by atoms with Crippen molar-refractivity contribution in [2.24, 2.45) is 7.05 Å². The van der Waals surface area contributed by atoms with E-state index in [4.69, 9.17) is 0 Å². The molecule has 1 amide bonds. The monoisotopic (exact) mass is 286 g/mol. The van der Waals surface area contributed by atoms with E-state index < -0.39 is 0 Å². The summed E-state index contributed by atoms with van der Waals surface area (Å²) in [6, 6.07) is 7.86. The van der Waals surface area contributed by atoms with E-state index in [1.165, 1.54) is 5.56 Å². The van der Waals surface area contributed by atoms with Gasteiger partial charge >= 0.3 is 0 Å². The van der Waals surface area contributed by atoms with Crippen molar-refractivity contribution in [2.45, 2.75) is 19.5 Å². The molecular weight excluding hydrogens is 264 g/mol. The van der Waals surface area contributed by atoms with Gasteiger partial charge in [0.25, 0.3) is 0 Å². The summed E-state index contributed by atoms with van der Waals surface area (Å²) in [5.74, 6) is 0.0334. The summed E-state index contributed by atoms with van der Waals surface area (Å²) in [7, 11) is 5.45. The highest BCUT2D eigenvalue weighted by Crippen LogP contribution is 2.15. The van der Waals surface area contributed by atoms with Crippen LogP contribution in [0.3, 0.4) is 0 Å². The van der Waals surface area contributed by atoms with E-state index in [9.17, 15) is 4.79 Å². The number of nitrogens with zero attached hydrogens (tertiary/aromatic N) is 3. The van der Waals surface area contributed by atoms with Crippen molar-refractivity contribution >= 4 is 5.91 Å². The number of carbonyl (C=O) groups excluding carboxylic acids is 1. The lowest BCUT2D eigenvalue weighted by atomic mass is 10.1. The van der Waals surface area contributed by atoms with Gasteiger partial charge in [-0.1, -0.05) is 29.8 Å². The Bertz CT molecular complexity index is 603. The second-order valence-electron chi connectivity index (χ2n) is 5.35. The summed E-state index contributed by atoms with van der Waals surface area (Å²) < 4.78 is 1.70. The SMILES string of the molecule is CNC(C(=O)N(C)Cc1ccc(C)cc1)c1cnn(C)c1. The Morgan fingerprint density at radius 2 is 2.05 bits per heavy atom. The molecule has 2 rings (SSSR count). The normalized spacial score (nSPS) is 12.2. The first kappa shape index (κ1) is 15.3. The molecule has 0 saturated carbocycles. The number of carbonyl (C=O) groups is 1. The van der Waals surface area contributed by atoms with E-state index in [2.05, 4.69) is 41.6 Å². The zero-order valence-electron chi connectivity index (χ0n) is 13.0. The number of hydrogen-bond acceptors (Lipinski definition) is 3. The van der Waals surface area contributed by atoms with Gasteiger partial charge in [-0.3, -0.25) is 9.48 Å². The van der Waals surface area contributed by atoms with E-state index >= 15 is 0 Å². The Morgan fingerprint density at radius 1 is 1.38 bits per heavy atom. The fraction of sp³-hybridized carbons (Fsp3) is 0.375. The van der Waals surface area contributed by atoms with Crippen molar-refractivity contribution in [3.05, 3.63) is 53.3 Å². The van der Waals surface area contributed by atoms with Crippen molar-refractivity contribution < 1.29 is 4.79 Å². The Morgan fingerprint density at radius 3 is 2.57 bits per heavy atom. The maximum atomic E-state index is 12.6. The number of nitrogens with one attached hydrogen (secondary N) is 1. The molecule has 112 valence electrons. The molecule has 21 heavy (non-hydrogen) atoms. The van der Waals surface area contributed by atoms with Gasteiger partial charge in [-0.2, -0.15) is 5.10 Å². The lowest BCUT2D eigenvalue weighted by molar-refractivity contribution is -0.132. The summed E-state index contributed by atoms with van der Waals surface area (Å²) in [5, 5.41) is 7.19. The third-order valence-corrected chi connectivity index (χ3v) is 3.51. The second kappa shape index (κ2) is 6.54. The van der Waals surface area contributed by atoms with Crippen LogP contribution in [0.4, 0.5) is 0 Å². The highest BCUT2D eigenvalue weighted by molar-refractivity contribution is 5.82. The molecule has 1 heterocycles. The third-order valence-electron chi connectivity index (χ3n) is 3.51. The molecule has 0 fully saturated rings. The molecule has 1 unspecified atom stereocenters. The molecule has 0 bridgehead atoms. The van der Waals surface area contributed by atoms with E-state index in [-0.39, 0.29) is 11.9 Å². The van der Waals surface area contributed by atoms with Gasteiger partial charge in [0, 0.05) is 32.4 Å². The van der Waals surface area contributed by atoms with Gasteiger partial charge in [0.2, 0.25) is 5.91 Å². The zero-order valence-corrected chi connectivity index (χ0v) is 13.0. The van der Waals surface area contributed by atoms with Crippen LogP contribution in [-0.4, -0.2) is 34.7 Å². The van der Waals surface area contributed by atoms with Crippen molar-refractivity contribution in [3.63, 3.8) is 0 Å². The van der Waals surface area contributed by atoms with Crippen LogP contribution in [0, 0.1) is 6.92 Å². The van der Waals surface area contributed by atoms with E-state index in [0.717, 1.165) is 11.1 Å². The average Bonchev–Trinajstić information content (AvgIpc) is 2.88. The van der Waals surface area contributed by atoms with E-state index in [1.807, 2.05) is 20.3 Å². The quantitative estimate of drug-likeness (QED) is 0.909. The summed E-state index contributed by atoms with van der Waals surface area (Å²) in [6.07, 6.45) is 3.58. The molecule has 0 aliphatic heterocycles. The Labute approximate surface area is 125 Å². The number of likely N-dealkylation sites (N-methyl/N-ethyl adjacent to an activating group) is 2. The topological polar surface area (TPSA) is 50.2 Å². The van der Waals surface area contributed by atoms with Gasteiger partial charge < -0.3 is 10.2 Å². The number of benzene rings is 1. The first-order valence-corrected chi connectivity index (χ1v) is 6.97. The van der Waals surface area contributed by atoms with Gasteiger partial charge in [-0.05, 0) is 19.5 Å². The summed E-state index contributed by atoms with van der Waals surface area (Å²) in [5.41, 5.74) is 3.22. The molecular formula is C16H22N4O. The van der Waals surface area contributed by atoms with Crippen LogP contribution in [0.2, 0.25) is 0 Å². The van der Waals surface area contributed by atoms with Crippen molar-refractivity contribution in [2.75, 3.05) is 14.1 Å². The van der Waals surface area contributed by atoms with Crippen molar-refractivity contribution in [3.8, 4) is 0 Å². The summed E-state index contributed by atoms with van der Waals surface area (Å²) in [6.45, 7) is 2.65. The molecule has 2 aromatic rings. The molecule has 0 saturated heterocycles. The van der Waals surface area contributed by atoms with Gasteiger partial charge in [0.15, 0.2) is 0 Å². The fourth-order valence-corrected chi connectivity index (χ4v) is 2.29. The minimum Gasteiger partial charge on any atom is -0.340 e. The summed E-state index contributed by atoms with van der Waals surface area (Å²) >= 11 is 0. The van der Waals surface area contributed by atoms with Crippen LogP contribution in [-0.2, 0) is 18.4 Å². The molecule has 0 spiro atoms. The second-order valence-corrected chi connectivity index (χ2v) is 5.35. The predicted octanol–water partition coefficient (Wildman–Crippen LogP) is 1.65. The van der Waals surface area contributed by atoms with Gasteiger partial charge in [-0.25, -0.2) is 0 Å². The molecule has 1 aromatic heterocycles. The molecule has 0 radical (unpaired) electrons. The van der Waals surface area contributed by atoms with Crippen molar-refractivity contribution in [1.29, 1.82) is 0 Å². The fourth-order valence-electron chi connectivity index (χ4n) is 2.29. The minimum atomic E-state index is -0.367. The Balaban J connectivity index is 2.08. The summed E-state index contributed by atoms with van der Waals surface area (Å²) in [4.78, 5) is 14.3. The Hall–Kier alpha value is -2.14. The number of aryl methyl sites for hydroxylation is 2. The maximum Gasteiger partial charge on any atom is 0.244 e. The molecule has 0 aliphatic carbocycles. The van der Waals surface area contributed by atoms with Gasteiger partial charge in [0.1, 0.15) is 6.04 Å². The standard InChI is InChI=1S/C16H22N4O/c1-12-5-7-13(8-6-12)10-19(3)16(21)15(17-2)14-9-18-20(4)11-14/h5-9,11,15,17H,10H2,1-4H3. The number of amides is 1. The van der Waals surface area contributed by atoms with Crippen LogP contribution in [0.1, 0.15) is 22.7 Å². The highest BCUT2D eigenvalue weighted by atomic mass is 16.2. The largest absolute Gasteiger partial charge is 0.340 e. The Kier molecular flexibility index (Phi) is 4.75. The molecule has 5 nitrogen and oxygen atoms in total. The van der Waals surface area contributed by atoms with Crippen LogP contribution in [0.5, 0.6) is 0 Å². The van der Waals surface area contributed by atoms with Crippen molar-refractivity contribution in [1.82, 2.24) is 20.0 Å². The predicted molar refractivity (Wildman–Crippen MR) is 82.7 cm³/mol. The van der Waals surface area contributed by atoms with Gasteiger partial charge in [-0.15, -0.1) is 0 Å². The smallest absolute Gasteiger partial charge is 0.244 e. The minimum absolute atomic E-state index is 0.0334. The lowest BCUT2D eigenvalue weighted by Gasteiger charge is -2.23. The van der Waals surface area contributed by atoms with E-state index in [0.29, 0.717) is 6.54 Å². The first-order valence-electron chi connectivity index (χ1n) is 6.97. The van der Waals surface area contributed by atoms with Crippen LogP contribution >= 0.6 is 0 Å². The van der Waals surface area contributed by atoms with Crippen LogP contribution < -0.4 is 5.32 Å². The highest BCUT2D eigenvalue weighted by Gasteiger charge is 2.23. The average molecular weight is 286 g/mol. The zero-order chi connectivity index (χ0) is 15.4. The molecule has 5 heteroatoms. The molecule has 1 aromatic carbocycles. The number of rotatable bonds is 5. The van der Waals surface area contributed by atoms with Gasteiger partial charge in [0.05, 0.1) is 6.20 Å². The number of aromatic nitrogens is 2. The lowest BCUT2D eigenvalue weighted by Crippen LogP contribution is -2.37.